The van der Waals surface area contributed by atoms with Gasteiger partial charge in [-0.2, -0.15) is 0 Å². The van der Waals surface area contributed by atoms with Crippen LogP contribution < -0.4 is 5.73 Å². The van der Waals surface area contributed by atoms with Gasteiger partial charge in [0.25, 0.3) is 0 Å². The van der Waals surface area contributed by atoms with Crippen LogP contribution in [0, 0.1) is 12.7 Å². The summed E-state index contributed by atoms with van der Waals surface area (Å²) in [7, 11) is 0. The molecular weight excluding hydrogens is 277 g/mol. The summed E-state index contributed by atoms with van der Waals surface area (Å²) < 4.78 is 14.0. The molecule has 6 heteroatoms. The van der Waals surface area contributed by atoms with Crippen molar-refractivity contribution >= 4 is 17.6 Å². The predicted octanol–water partition coefficient (Wildman–Crippen LogP) is 2.78. The molecule has 0 aliphatic rings. The summed E-state index contributed by atoms with van der Waals surface area (Å²) in [6.45, 7) is 1.57. The number of carboxylic acids is 2. The average molecular weight is 289 g/mol. The number of hydrogen-bond acceptors (Lipinski definition) is 3. The number of hydrogen-bond donors (Lipinski definition) is 3. The van der Waals surface area contributed by atoms with Crippen molar-refractivity contribution in [3.05, 3.63) is 52.8 Å². The number of nitrogens with two attached hydrogens (primary N) is 1. The van der Waals surface area contributed by atoms with Gasteiger partial charge < -0.3 is 15.9 Å². The molecule has 0 radical (unpaired) electrons. The van der Waals surface area contributed by atoms with E-state index in [1.54, 1.807) is 6.92 Å². The molecule has 21 heavy (non-hydrogen) atoms. The van der Waals surface area contributed by atoms with Gasteiger partial charge in [0.15, 0.2) is 0 Å². The Balaban J connectivity index is 2.91. The molecule has 0 fully saturated rings. The van der Waals surface area contributed by atoms with Gasteiger partial charge in [-0.1, -0.05) is 0 Å². The van der Waals surface area contributed by atoms with Crippen LogP contribution in [0.4, 0.5) is 10.1 Å². The van der Waals surface area contributed by atoms with Crippen molar-refractivity contribution in [3.63, 3.8) is 0 Å². The SMILES string of the molecule is Cc1cc(C(=O)O)c(-c2cc(N)ccc2F)c(C(=O)O)c1. The largest absolute Gasteiger partial charge is 0.478 e. The number of anilines is 1. The Morgan fingerprint density at radius 1 is 1.05 bits per heavy atom. The van der Waals surface area contributed by atoms with Gasteiger partial charge in [-0.25, -0.2) is 14.0 Å². The standard InChI is InChI=1S/C15H12FNO4/c1-7-4-10(14(18)19)13(11(5-7)15(20)21)9-6-8(17)2-3-12(9)16/h2-6H,17H2,1H3,(H,18,19)(H,20,21). The van der Waals surface area contributed by atoms with E-state index in [-0.39, 0.29) is 27.9 Å². The summed E-state index contributed by atoms with van der Waals surface area (Å²) in [5.41, 5.74) is 5.35. The Hall–Kier alpha value is -2.89. The highest BCUT2D eigenvalue weighted by Crippen LogP contribution is 2.32. The molecule has 0 saturated heterocycles. The van der Waals surface area contributed by atoms with Crippen molar-refractivity contribution in [2.75, 3.05) is 5.73 Å². The maximum atomic E-state index is 14.0. The lowest BCUT2D eigenvalue weighted by Crippen LogP contribution is -2.09. The molecule has 0 aliphatic heterocycles. The van der Waals surface area contributed by atoms with Crippen LogP contribution in [0.2, 0.25) is 0 Å². The molecule has 0 spiro atoms. The summed E-state index contributed by atoms with van der Waals surface area (Å²) in [5, 5.41) is 18.5. The number of halogens is 1. The fourth-order valence-electron chi connectivity index (χ4n) is 2.15. The lowest BCUT2D eigenvalue weighted by Gasteiger charge is -2.13. The third-order valence-electron chi connectivity index (χ3n) is 3.00. The van der Waals surface area contributed by atoms with Crippen molar-refractivity contribution in [1.29, 1.82) is 0 Å². The Labute approximate surface area is 119 Å². The van der Waals surface area contributed by atoms with Crippen molar-refractivity contribution in [2.24, 2.45) is 0 Å². The minimum atomic E-state index is -1.34. The second-order valence-corrected chi connectivity index (χ2v) is 4.58. The molecule has 0 amide bonds. The molecule has 0 saturated carbocycles. The normalized spacial score (nSPS) is 10.4. The average Bonchev–Trinajstić information content (AvgIpc) is 2.40. The molecule has 4 N–H and O–H groups in total. The highest BCUT2D eigenvalue weighted by Gasteiger charge is 2.23. The Kier molecular flexibility index (Phi) is 3.62. The third kappa shape index (κ3) is 2.69. The van der Waals surface area contributed by atoms with E-state index in [0.29, 0.717) is 5.56 Å². The Morgan fingerprint density at radius 3 is 2.05 bits per heavy atom. The quantitative estimate of drug-likeness (QED) is 0.754. The number of carboxylic acid groups (broad SMARTS) is 2. The fourth-order valence-corrected chi connectivity index (χ4v) is 2.15. The van der Waals surface area contributed by atoms with Gasteiger partial charge in [0.1, 0.15) is 5.82 Å². The zero-order valence-electron chi connectivity index (χ0n) is 11.1. The number of nitrogen functional groups attached to an aromatic ring is 1. The van der Waals surface area contributed by atoms with E-state index >= 15 is 0 Å². The van der Waals surface area contributed by atoms with E-state index in [9.17, 15) is 24.2 Å². The van der Waals surface area contributed by atoms with E-state index < -0.39 is 17.8 Å². The lowest BCUT2D eigenvalue weighted by molar-refractivity contribution is 0.0696. The number of benzene rings is 2. The summed E-state index contributed by atoms with van der Waals surface area (Å²) in [4.78, 5) is 22.7. The van der Waals surface area contributed by atoms with Crippen molar-refractivity contribution in [1.82, 2.24) is 0 Å². The van der Waals surface area contributed by atoms with Crippen LogP contribution >= 0.6 is 0 Å². The monoisotopic (exact) mass is 289 g/mol. The molecule has 0 unspecified atom stereocenters. The first-order valence-corrected chi connectivity index (χ1v) is 5.98. The van der Waals surface area contributed by atoms with Gasteiger partial charge >= 0.3 is 11.9 Å². The van der Waals surface area contributed by atoms with E-state index in [0.717, 1.165) is 6.07 Å². The molecule has 108 valence electrons. The van der Waals surface area contributed by atoms with Gasteiger partial charge in [0.05, 0.1) is 11.1 Å². The molecule has 5 nitrogen and oxygen atoms in total. The van der Waals surface area contributed by atoms with E-state index in [4.69, 9.17) is 5.73 Å². The summed E-state index contributed by atoms with van der Waals surface area (Å²) >= 11 is 0. The van der Waals surface area contributed by atoms with Crippen molar-refractivity contribution in [2.45, 2.75) is 6.92 Å². The van der Waals surface area contributed by atoms with Gasteiger partial charge in [0, 0.05) is 16.8 Å². The highest BCUT2D eigenvalue weighted by atomic mass is 19.1. The van der Waals surface area contributed by atoms with Crippen LogP contribution in [0.15, 0.2) is 30.3 Å². The summed E-state index contributed by atoms with van der Waals surface area (Å²) in [6, 6.07) is 6.20. The smallest absolute Gasteiger partial charge is 0.336 e. The molecule has 0 bridgehead atoms. The van der Waals surface area contributed by atoms with Gasteiger partial charge in [-0.3, -0.25) is 0 Å². The van der Waals surface area contributed by atoms with Gasteiger partial charge in [-0.05, 0) is 42.8 Å². The second kappa shape index (κ2) is 5.24. The van der Waals surface area contributed by atoms with E-state index in [1.165, 1.54) is 24.3 Å². The fraction of sp³-hybridized carbons (Fsp3) is 0.0667. The molecule has 0 aliphatic carbocycles. The van der Waals surface area contributed by atoms with Gasteiger partial charge in [0.2, 0.25) is 0 Å². The minimum absolute atomic E-state index is 0.148. The van der Waals surface area contributed by atoms with E-state index in [2.05, 4.69) is 0 Å². The zero-order chi connectivity index (χ0) is 15.7. The maximum absolute atomic E-state index is 14.0. The van der Waals surface area contributed by atoms with Crippen LogP contribution in [0.5, 0.6) is 0 Å². The van der Waals surface area contributed by atoms with Crippen molar-refractivity contribution in [3.8, 4) is 11.1 Å². The first kappa shape index (κ1) is 14.5. The Morgan fingerprint density at radius 2 is 1.57 bits per heavy atom. The van der Waals surface area contributed by atoms with E-state index in [1.807, 2.05) is 0 Å². The zero-order valence-corrected chi connectivity index (χ0v) is 11.1. The first-order valence-electron chi connectivity index (χ1n) is 5.98. The molecule has 0 heterocycles. The van der Waals surface area contributed by atoms with Crippen LogP contribution in [0.25, 0.3) is 11.1 Å². The van der Waals surface area contributed by atoms with Crippen LogP contribution in [-0.2, 0) is 0 Å². The topological polar surface area (TPSA) is 101 Å². The number of aromatic carboxylic acids is 2. The molecule has 2 aromatic rings. The molecule has 2 aromatic carbocycles. The highest BCUT2D eigenvalue weighted by molar-refractivity contribution is 6.05. The van der Waals surface area contributed by atoms with Crippen LogP contribution in [0.1, 0.15) is 26.3 Å². The second-order valence-electron chi connectivity index (χ2n) is 4.58. The van der Waals surface area contributed by atoms with Crippen molar-refractivity contribution < 1.29 is 24.2 Å². The number of rotatable bonds is 3. The summed E-state index contributed by atoms with van der Waals surface area (Å²) in [5.74, 6) is -3.41. The minimum Gasteiger partial charge on any atom is -0.478 e. The van der Waals surface area contributed by atoms with Crippen LogP contribution in [-0.4, -0.2) is 22.2 Å². The molecule has 2 rings (SSSR count). The lowest BCUT2D eigenvalue weighted by atomic mass is 9.91. The number of aryl methyl sites for hydroxylation is 1. The van der Waals surface area contributed by atoms with Gasteiger partial charge in [-0.15, -0.1) is 0 Å². The molecular formula is C15H12FNO4. The third-order valence-corrected chi connectivity index (χ3v) is 3.00. The molecule has 0 atom stereocenters. The predicted molar refractivity (Wildman–Crippen MR) is 74.9 cm³/mol. The first-order chi connectivity index (χ1) is 9.81. The number of carbonyl (C=O) groups is 2. The maximum Gasteiger partial charge on any atom is 0.336 e. The van der Waals surface area contributed by atoms with Crippen LogP contribution in [0.3, 0.4) is 0 Å². The Bertz CT molecular complexity index is 720. The molecule has 0 aromatic heterocycles. The summed E-state index contributed by atoms with van der Waals surface area (Å²) in [6.07, 6.45) is 0.